The highest BCUT2D eigenvalue weighted by Crippen LogP contribution is 2.43. The summed E-state index contributed by atoms with van der Waals surface area (Å²) in [6.07, 6.45) is 0. The Bertz CT molecular complexity index is 2000. The molecule has 1 aromatic heterocycles. The maximum Gasteiger partial charge on any atom is 0.143 e. The molecule has 4 heteroatoms. The van der Waals surface area contributed by atoms with E-state index in [-0.39, 0.29) is 0 Å². The molecular formula is C35H28ClNOSi-. The van der Waals surface area contributed by atoms with Crippen molar-refractivity contribution in [1.82, 2.24) is 0 Å². The van der Waals surface area contributed by atoms with Crippen LogP contribution < -0.4 is 10.1 Å². The molecule has 0 saturated heterocycles. The van der Waals surface area contributed by atoms with E-state index in [4.69, 9.17) is 16.0 Å². The van der Waals surface area contributed by atoms with Gasteiger partial charge in [-0.15, -0.1) is 8.07 Å². The van der Waals surface area contributed by atoms with Gasteiger partial charge in [-0.2, -0.15) is 24.8 Å². The van der Waals surface area contributed by atoms with Crippen LogP contribution in [0.3, 0.4) is 0 Å². The lowest BCUT2D eigenvalue weighted by Crippen LogP contribution is -2.37. The normalized spacial score (nSPS) is 12.1. The summed E-state index contributed by atoms with van der Waals surface area (Å²) in [5, 5.41) is 8.98. The van der Waals surface area contributed by atoms with Crippen LogP contribution in [0.4, 0.5) is 17.1 Å². The minimum Gasteiger partial charge on any atom is -0.455 e. The van der Waals surface area contributed by atoms with Crippen molar-refractivity contribution in [3.63, 3.8) is 0 Å². The number of fused-ring (bicyclic) bond motifs is 8. The maximum atomic E-state index is 6.68. The molecule has 0 spiro atoms. The van der Waals surface area contributed by atoms with Gasteiger partial charge in [0.15, 0.2) is 0 Å². The lowest BCUT2D eigenvalue weighted by atomic mass is 9.97. The molecule has 0 atom stereocenters. The molecule has 191 valence electrons. The molecule has 39 heavy (non-hydrogen) atoms. The molecule has 6 aromatic carbocycles. The summed E-state index contributed by atoms with van der Waals surface area (Å²) in [4.78, 5) is 2.30. The topological polar surface area (TPSA) is 16.4 Å². The first-order valence-electron chi connectivity index (χ1n) is 13.3. The zero-order valence-electron chi connectivity index (χ0n) is 22.2. The van der Waals surface area contributed by atoms with Crippen LogP contribution in [0.1, 0.15) is 0 Å². The van der Waals surface area contributed by atoms with Gasteiger partial charge in [0.2, 0.25) is 0 Å². The molecule has 0 radical (unpaired) electrons. The highest BCUT2D eigenvalue weighted by molar-refractivity contribution is 6.88. The van der Waals surface area contributed by atoms with Crippen LogP contribution >= 0.6 is 11.6 Å². The van der Waals surface area contributed by atoms with E-state index >= 15 is 0 Å². The van der Waals surface area contributed by atoms with Crippen molar-refractivity contribution in [3.8, 4) is 0 Å². The molecule has 2 nitrogen and oxygen atoms in total. The number of furan rings is 1. The molecule has 1 heterocycles. The first-order valence-corrected chi connectivity index (χ1v) is 17.2. The summed E-state index contributed by atoms with van der Waals surface area (Å²) < 4.78 is 6.68. The van der Waals surface area contributed by atoms with Crippen LogP contribution in [-0.4, -0.2) is 8.07 Å². The summed E-state index contributed by atoms with van der Waals surface area (Å²) in [5.41, 5.74) is 5.07. The Morgan fingerprint density at radius 1 is 0.564 bits per heavy atom. The second-order valence-corrected chi connectivity index (χ2v) is 16.7. The molecular weight excluding hydrogens is 514 g/mol. The van der Waals surface area contributed by atoms with Crippen LogP contribution in [0.2, 0.25) is 24.7 Å². The van der Waals surface area contributed by atoms with E-state index in [0.717, 1.165) is 54.8 Å². The van der Waals surface area contributed by atoms with Gasteiger partial charge in [0.1, 0.15) is 11.2 Å². The van der Waals surface area contributed by atoms with Crippen LogP contribution in [0.15, 0.2) is 120 Å². The van der Waals surface area contributed by atoms with E-state index in [1.54, 1.807) is 0 Å². The van der Waals surface area contributed by atoms with Crippen molar-refractivity contribution in [2.75, 3.05) is 4.90 Å². The number of anilines is 3. The lowest BCUT2D eigenvalue weighted by Gasteiger charge is -2.31. The first-order chi connectivity index (χ1) is 18.9. The van der Waals surface area contributed by atoms with Crippen molar-refractivity contribution >= 4 is 85.4 Å². The molecule has 0 unspecified atom stereocenters. The number of benzene rings is 6. The Balaban J connectivity index is 1.47. The van der Waals surface area contributed by atoms with E-state index in [9.17, 15) is 0 Å². The van der Waals surface area contributed by atoms with Gasteiger partial charge in [0.25, 0.3) is 0 Å². The Hall–Kier alpha value is -4.05. The van der Waals surface area contributed by atoms with Gasteiger partial charge < -0.3 is 9.32 Å². The summed E-state index contributed by atoms with van der Waals surface area (Å²) in [6, 6.07) is 40.8. The van der Waals surface area contributed by atoms with Crippen LogP contribution in [-0.2, 0) is 0 Å². The number of hydrogen-bond acceptors (Lipinski definition) is 2. The molecule has 0 aliphatic heterocycles. The number of nitrogens with zero attached hydrogens (tertiary/aromatic N) is 1. The van der Waals surface area contributed by atoms with Gasteiger partial charge in [-0.05, 0) is 70.8 Å². The third-order valence-corrected chi connectivity index (χ3v) is 9.95. The van der Waals surface area contributed by atoms with Crippen LogP contribution in [0.5, 0.6) is 0 Å². The Kier molecular flexibility index (Phi) is 5.55. The van der Waals surface area contributed by atoms with Gasteiger partial charge in [-0.25, -0.2) is 0 Å². The SMILES string of the molecule is C[Si-](C)(C)c1ccc(N(c2ccccc2)c2ccc3c(c2)oc2c4ccc(Cl)cc4c4ccccc4c32)cc1. The molecule has 0 fully saturated rings. The van der Waals surface area contributed by atoms with Gasteiger partial charge in [0.05, 0.1) is 0 Å². The summed E-state index contributed by atoms with van der Waals surface area (Å²) >= 11 is 6.42. The lowest BCUT2D eigenvalue weighted by molar-refractivity contribution is 0.673. The van der Waals surface area contributed by atoms with Crippen LogP contribution in [0, 0.1) is 0 Å². The van der Waals surface area contributed by atoms with E-state index in [1.807, 2.05) is 12.1 Å². The summed E-state index contributed by atoms with van der Waals surface area (Å²) in [6.45, 7) is 7.15. The highest BCUT2D eigenvalue weighted by atomic mass is 35.5. The van der Waals surface area contributed by atoms with Crippen molar-refractivity contribution in [2.24, 2.45) is 0 Å². The standard InChI is InChI=1S/C35H28ClNOSi/c1-39(2,3)27-17-14-25(15-18-27)37(24-9-5-4-6-10-24)26-16-20-31-33(22-26)38-35-30-19-13-23(36)21-32(30)28-11-7-8-12-29(28)34(31)35/h4-22H,1-3H3/q-1. The smallest absolute Gasteiger partial charge is 0.143 e. The second-order valence-electron chi connectivity index (χ2n) is 11.2. The fraction of sp³-hybridized carbons (Fsp3) is 0.0857. The molecule has 0 amide bonds. The minimum atomic E-state index is -1.40. The fourth-order valence-corrected chi connectivity index (χ4v) is 7.03. The fourth-order valence-electron chi connectivity index (χ4n) is 5.69. The number of hydrogen-bond donors (Lipinski definition) is 0. The third kappa shape index (κ3) is 4.01. The van der Waals surface area contributed by atoms with E-state index in [2.05, 4.69) is 128 Å². The average Bonchev–Trinajstić information content (AvgIpc) is 3.33. The maximum absolute atomic E-state index is 6.68. The predicted octanol–water partition coefficient (Wildman–Crippen LogP) is 10.6. The van der Waals surface area contributed by atoms with Crippen molar-refractivity contribution in [1.29, 1.82) is 0 Å². The van der Waals surface area contributed by atoms with Crippen molar-refractivity contribution in [3.05, 3.63) is 120 Å². The molecule has 0 saturated carbocycles. The number of halogens is 1. The van der Waals surface area contributed by atoms with Crippen molar-refractivity contribution < 1.29 is 4.42 Å². The minimum absolute atomic E-state index is 0.726. The summed E-state index contributed by atoms with van der Waals surface area (Å²) in [5.74, 6) is 0. The van der Waals surface area contributed by atoms with Crippen LogP contribution in [0.25, 0.3) is 43.5 Å². The van der Waals surface area contributed by atoms with Crippen molar-refractivity contribution in [2.45, 2.75) is 19.6 Å². The zero-order chi connectivity index (χ0) is 26.7. The molecule has 7 rings (SSSR count). The van der Waals surface area contributed by atoms with E-state index in [0.29, 0.717) is 0 Å². The van der Waals surface area contributed by atoms with Gasteiger partial charge in [-0.1, -0.05) is 66.2 Å². The van der Waals surface area contributed by atoms with E-state index in [1.165, 1.54) is 16.0 Å². The first kappa shape index (κ1) is 24.0. The highest BCUT2D eigenvalue weighted by Gasteiger charge is 2.19. The molecule has 0 aliphatic rings. The van der Waals surface area contributed by atoms with Gasteiger partial charge in [0, 0.05) is 44.3 Å². The number of rotatable bonds is 4. The third-order valence-electron chi connectivity index (χ3n) is 7.65. The molecule has 0 bridgehead atoms. The Morgan fingerprint density at radius 2 is 1.21 bits per heavy atom. The molecule has 7 aromatic rings. The van der Waals surface area contributed by atoms with E-state index < -0.39 is 8.07 Å². The Morgan fingerprint density at radius 3 is 1.95 bits per heavy atom. The van der Waals surface area contributed by atoms with Gasteiger partial charge in [-0.3, -0.25) is 0 Å². The molecule has 0 N–H and O–H groups in total. The number of para-hydroxylation sites is 1. The summed E-state index contributed by atoms with van der Waals surface area (Å²) in [7, 11) is -1.40. The largest absolute Gasteiger partial charge is 0.455 e. The predicted molar refractivity (Wildman–Crippen MR) is 171 cm³/mol. The van der Waals surface area contributed by atoms with Gasteiger partial charge >= 0.3 is 0 Å². The quantitative estimate of drug-likeness (QED) is 0.163. The zero-order valence-corrected chi connectivity index (χ0v) is 24.0. The molecule has 0 aliphatic carbocycles. The Labute approximate surface area is 234 Å². The monoisotopic (exact) mass is 541 g/mol. The second kappa shape index (κ2) is 9.01. The average molecular weight is 542 g/mol.